The Morgan fingerprint density at radius 3 is 1.36 bits per heavy atom. The summed E-state index contributed by atoms with van der Waals surface area (Å²) in [7, 11) is 0. The summed E-state index contributed by atoms with van der Waals surface area (Å²) in [4.78, 5) is 2.43. The van der Waals surface area contributed by atoms with E-state index in [0.29, 0.717) is 0 Å². The normalized spacial score (nSPS) is 14.4. The smallest absolute Gasteiger partial charge is 0.0726 e. The van der Waals surface area contributed by atoms with Crippen molar-refractivity contribution >= 4 is 49.4 Å². The fourth-order valence-electron chi connectivity index (χ4n) is 11.8. The Bertz CT molecular complexity index is 3750. The van der Waals surface area contributed by atoms with Crippen molar-refractivity contribution in [3.8, 4) is 55.6 Å². The van der Waals surface area contributed by atoms with Crippen LogP contribution < -0.4 is 4.90 Å². The third-order valence-corrected chi connectivity index (χ3v) is 14.6. The molecule has 0 aromatic heterocycles. The molecule has 14 rings (SSSR count). The molecule has 1 nitrogen and oxygen atoms in total. The summed E-state index contributed by atoms with van der Waals surface area (Å²) >= 11 is 0. The summed E-state index contributed by atoms with van der Waals surface area (Å²) in [5.41, 5.74) is 20.4. The largest absolute Gasteiger partial charge is 0.310 e. The molecule has 1 spiro atoms. The summed E-state index contributed by atoms with van der Waals surface area (Å²) in [5, 5.41) is 7.87. The molecule has 0 amide bonds. The van der Waals surface area contributed by atoms with Crippen molar-refractivity contribution in [2.24, 2.45) is 0 Å². The zero-order valence-corrected chi connectivity index (χ0v) is 36.1. The average Bonchev–Trinajstić information content (AvgIpc) is 3.63. The van der Waals surface area contributed by atoms with Crippen LogP contribution in [0.25, 0.3) is 88.0 Å². The van der Waals surface area contributed by atoms with Gasteiger partial charge in [-0.2, -0.15) is 0 Å². The molecule has 0 saturated heterocycles. The minimum atomic E-state index is -0.612. The Labute approximate surface area is 384 Å². The fraction of sp³-hybridized carbons (Fsp3) is 0.0154. The third-order valence-electron chi connectivity index (χ3n) is 14.6. The van der Waals surface area contributed by atoms with Crippen LogP contribution in [0.15, 0.2) is 249 Å². The molecule has 1 atom stereocenters. The molecule has 0 radical (unpaired) electrons. The molecule has 306 valence electrons. The lowest BCUT2D eigenvalue weighted by Crippen LogP contribution is -2.29. The fourth-order valence-corrected chi connectivity index (χ4v) is 11.8. The van der Waals surface area contributed by atoms with E-state index in [1.807, 2.05) is 0 Å². The Kier molecular flexibility index (Phi) is 7.97. The van der Waals surface area contributed by atoms with Crippen LogP contribution >= 0.6 is 0 Å². The summed E-state index contributed by atoms with van der Waals surface area (Å²) in [6, 6.07) is 92.9. The van der Waals surface area contributed by atoms with E-state index in [0.717, 1.165) is 17.1 Å². The van der Waals surface area contributed by atoms with Gasteiger partial charge in [0, 0.05) is 17.1 Å². The second-order valence-electron chi connectivity index (χ2n) is 17.9. The highest BCUT2D eigenvalue weighted by molar-refractivity contribution is 6.27. The van der Waals surface area contributed by atoms with Gasteiger partial charge in [-0.15, -0.1) is 0 Å². The van der Waals surface area contributed by atoms with E-state index in [2.05, 4.69) is 254 Å². The van der Waals surface area contributed by atoms with Gasteiger partial charge in [-0.25, -0.2) is 0 Å². The minimum Gasteiger partial charge on any atom is -0.310 e. The van der Waals surface area contributed by atoms with Gasteiger partial charge >= 0.3 is 0 Å². The molecule has 0 aliphatic heterocycles. The van der Waals surface area contributed by atoms with Crippen LogP contribution in [0.1, 0.15) is 22.3 Å². The molecule has 66 heavy (non-hydrogen) atoms. The van der Waals surface area contributed by atoms with Crippen molar-refractivity contribution in [1.29, 1.82) is 0 Å². The summed E-state index contributed by atoms with van der Waals surface area (Å²) in [5.74, 6) is 0. The lowest BCUT2D eigenvalue weighted by atomic mass is 9.65. The van der Waals surface area contributed by atoms with Gasteiger partial charge in [0.05, 0.1) is 5.41 Å². The Balaban J connectivity index is 1.05. The zero-order chi connectivity index (χ0) is 43.3. The lowest BCUT2D eigenvalue weighted by molar-refractivity contribution is 0.777. The minimum absolute atomic E-state index is 0.612. The maximum absolute atomic E-state index is 2.54. The second-order valence-corrected chi connectivity index (χ2v) is 17.9. The van der Waals surface area contributed by atoms with E-state index in [-0.39, 0.29) is 0 Å². The maximum atomic E-state index is 2.54. The number of hydrogen-bond donors (Lipinski definition) is 0. The van der Waals surface area contributed by atoms with Gasteiger partial charge in [0.25, 0.3) is 0 Å². The standard InChI is InChI=1S/C65H41N/c1-3-14-42(15-4-1)44-28-33-49(34-29-44)66(50-35-30-45(31-36-50)43-16-5-2-6-17-43)51-37-39-60-57(41-51)53-21-8-7-20-52(53)54-22-9-11-24-58(54)65(60)59-25-12-10-23-55(59)64-56-38-32-47-19-13-18-46-26-27-48(40-61(64)65)63(56)62(46)47/h1-41H. The van der Waals surface area contributed by atoms with Crippen LogP contribution in [0.4, 0.5) is 17.1 Å². The van der Waals surface area contributed by atoms with Crippen molar-refractivity contribution in [3.63, 3.8) is 0 Å². The molecule has 1 heteroatoms. The first-order valence-electron chi connectivity index (χ1n) is 23.0. The molecule has 2 aliphatic carbocycles. The van der Waals surface area contributed by atoms with E-state index >= 15 is 0 Å². The van der Waals surface area contributed by atoms with Crippen molar-refractivity contribution < 1.29 is 0 Å². The topological polar surface area (TPSA) is 3.24 Å². The average molecular weight is 836 g/mol. The molecule has 0 saturated carbocycles. The van der Waals surface area contributed by atoms with E-state index in [9.17, 15) is 0 Å². The van der Waals surface area contributed by atoms with Crippen LogP contribution in [0.2, 0.25) is 0 Å². The van der Waals surface area contributed by atoms with E-state index in [4.69, 9.17) is 0 Å². The van der Waals surface area contributed by atoms with Crippen LogP contribution in [0.3, 0.4) is 0 Å². The van der Waals surface area contributed by atoms with E-state index < -0.39 is 5.41 Å². The summed E-state index contributed by atoms with van der Waals surface area (Å²) in [6.07, 6.45) is 0. The Morgan fingerprint density at radius 1 is 0.258 bits per heavy atom. The molecular weight excluding hydrogens is 795 g/mol. The van der Waals surface area contributed by atoms with Crippen LogP contribution in [-0.2, 0) is 5.41 Å². The summed E-state index contributed by atoms with van der Waals surface area (Å²) in [6.45, 7) is 0. The molecule has 0 N–H and O–H groups in total. The van der Waals surface area contributed by atoms with Gasteiger partial charge < -0.3 is 4.90 Å². The number of fused-ring (bicyclic) bond motifs is 13. The van der Waals surface area contributed by atoms with E-state index in [1.54, 1.807) is 0 Å². The molecule has 0 fully saturated rings. The monoisotopic (exact) mass is 835 g/mol. The molecule has 0 bridgehead atoms. The number of rotatable bonds is 5. The number of benzene rings is 12. The number of anilines is 3. The highest BCUT2D eigenvalue weighted by Gasteiger charge is 2.50. The van der Waals surface area contributed by atoms with Crippen molar-refractivity contribution in [3.05, 3.63) is 271 Å². The van der Waals surface area contributed by atoms with Crippen LogP contribution in [0.5, 0.6) is 0 Å². The van der Waals surface area contributed by atoms with Gasteiger partial charge in [0.1, 0.15) is 0 Å². The molecule has 12 aromatic rings. The van der Waals surface area contributed by atoms with Crippen LogP contribution in [0, 0.1) is 0 Å². The zero-order valence-electron chi connectivity index (χ0n) is 36.1. The number of hydrogen-bond acceptors (Lipinski definition) is 1. The van der Waals surface area contributed by atoms with Gasteiger partial charge in [0.15, 0.2) is 0 Å². The highest BCUT2D eigenvalue weighted by atomic mass is 15.1. The third kappa shape index (κ3) is 5.23. The molecule has 2 aliphatic rings. The molecular formula is C65H41N. The predicted molar refractivity (Wildman–Crippen MR) is 277 cm³/mol. The Hall–Kier alpha value is -8.52. The maximum Gasteiger partial charge on any atom is 0.0726 e. The van der Waals surface area contributed by atoms with Crippen LogP contribution in [-0.4, -0.2) is 0 Å². The first-order chi connectivity index (χ1) is 32.7. The molecule has 0 heterocycles. The first kappa shape index (κ1) is 36.9. The second kappa shape index (κ2) is 14.2. The molecule has 1 unspecified atom stereocenters. The van der Waals surface area contributed by atoms with E-state index in [1.165, 1.54) is 110 Å². The first-order valence-corrected chi connectivity index (χ1v) is 23.0. The highest BCUT2D eigenvalue weighted by Crippen LogP contribution is 2.63. The van der Waals surface area contributed by atoms with Crippen molar-refractivity contribution in [2.45, 2.75) is 5.41 Å². The van der Waals surface area contributed by atoms with Gasteiger partial charge in [-0.3, -0.25) is 0 Å². The van der Waals surface area contributed by atoms with Crippen molar-refractivity contribution in [1.82, 2.24) is 0 Å². The van der Waals surface area contributed by atoms with Crippen molar-refractivity contribution in [2.75, 3.05) is 4.90 Å². The SMILES string of the molecule is c1ccc(-c2ccc(N(c3ccc(-c4ccccc4)cc3)c3ccc4c(c3)-c3ccccc3-c3ccccc3C43c4ccccc4-c4c3cc3ccc5cccc6ccc4c3c56)cc2)cc1. The van der Waals surface area contributed by atoms with Gasteiger partial charge in [0.2, 0.25) is 0 Å². The van der Waals surface area contributed by atoms with Gasteiger partial charge in [-0.1, -0.05) is 206 Å². The Morgan fingerprint density at radius 2 is 0.727 bits per heavy atom. The molecule has 12 aromatic carbocycles. The van der Waals surface area contributed by atoms with Gasteiger partial charge in [-0.05, 0) is 153 Å². The summed E-state index contributed by atoms with van der Waals surface area (Å²) < 4.78 is 0. The quantitative estimate of drug-likeness (QED) is 0.156. The lowest BCUT2D eigenvalue weighted by Gasteiger charge is -2.36. The predicted octanol–water partition coefficient (Wildman–Crippen LogP) is 17.4. The number of nitrogens with zero attached hydrogens (tertiary/aromatic N) is 1.